The molecule has 5 rings (SSSR count). The second-order valence-corrected chi connectivity index (χ2v) is 7.45. The van der Waals surface area contributed by atoms with Gasteiger partial charge >= 0.3 is 0 Å². The third-order valence-corrected chi connectivity index (χ3v) is 5.77. The van der Waals surface area contributed by atoms with E-state index in [0.717, 1.165) is 65.8 Å². The molecule has 2 aromatic carbocycles. The van der Waals surface area contributed by atoms with Gasteiger partial charge in [0.15, 0.2) is 0 Å². The zero-order valence-electron chi connectivity index (χ0n) is 15.5. The van der Waals surface area contributed by atoms with Crippen LogP contribution in [0.2, 0.25) is 0 Å². The van der Waals surface area contributed by atoms with Crippen molar-refractivity contribution in [1.82, 2.24) is 15.3 Å². The molecule has 6 heteroatoms. The molecule has 142 valence electrons. The predicted octanol–water partition coefficient (Wildman–Crippen LogP) is 3.40. The molecule has 1 saturated carbocycles. The number of hydrogen-bond acceptors (Lipinski definition) is 6. The Bertz CT molecular complexity index is 950. The van der Waals surface area contributed by atoms with Crippen LogP contribution in [0.4, 0.5) is 11.6 Å². The highest BCUT2D eigenvalue weighted by Crippen LogP contribution is 2.48. The average molecular weight is 373 g/mol. The summed E-state index contributed by atoms with van der Waals surface area (Å²) >= 11 is 0. The number of benzene rings is 2. The second-order valence-electron chi connectivity index (χ2n) is 7.45. The van der Waals surface area contributed by atoms with Crippen LogP contribution >= 0.6 is 0 Å². The SMILES string of the molecule is Nc1ncnc(NC[C@H]2[C@@H]3CNC[C@@H]32)c1-c1ccc(Oc2ccccc2)cc1. The number of aromatic nitrogens is 2. The highest BCUT2D eigenvalue weighted by Gasteiger charge is 2.52. The number of nitrogen functional groups attached to an aromatic ring is 1. The molecule has 1 aliphatic heterocycles. The van der Waals surface area contributed by atoms with Crippen molar-refractivity contribution in [3.05, 3.63) is 60.9 Å². The third kappa shape index (κ3) is 3.27. The molecule has 2 heterocycles. The number of fused-ring (bicyclic) bond motifs is 1. The van der Waals surface area contributed by atoms with Gasteiger partial charge in [-0.15, -0.1) is 0 Å². The van der Waals surface area contributed by atoms with E-state index in [2.05, 4.69) is 20.6 Å². The van der Waals surface area contributed by atoms with Gasteiger partial charge in [-0.2, -0.15) is 0 Å². The number of nitrogens with zero attached hydrogens (tertiary/aromatic N) is 2. The van der Waals surface area contributed by atoms with Crippen molar-refractivity contribution in [2.24, 2.45) is 17.8 Å². The van der Waals surface area contributed by atoms with E-state index < -0.39 is 0 Å². The van der Waals surface area contributed by atoms with Crippen molar-refractivity contribution in [3.63, 3.8) is 0 Å². The molecular formula is C22H23N5O. The first kappa shape index (κ1) is 17.0. The average Bonchev–Trinajstić information content (AvgIpc) is 3.15. The highest BCUT2D eigenvalue weighted by molar-refractivity contribution is 5.83. The summed E-state index contributed by atoms with van der Waals surface area (Å²) in [4.78, 5) is 8.64. The lowest BCUT2D eigenvalue weighted by molar-refractivity contribution is 0.483. The van der Waals surface area contributed by atoms with Crippen LogP contribution in [0.1, 0.15) is 0 Å². The van der Waals surface area contributed by atoms with Crippen molar-refractivity contribution in [3.8, 4) is 22.6 Å². The second kappa shape index (κ2) is 7.13. The van der Waals surface area contributed by atoms with Crippen LogP contribution in [0.5, 0.6) is 11.5 Å². The van der Waals surface area contributed by atoms with E-state index in [0.29, 0.717) is 5.82 Å². The number of para-hydroxylation sites is 1. The fraction of sp³-hybridized carbons (Fsp3) is 0.273. The molecule has 0 spiro atoms. The van der Waals surface area contributed by atoms with Crippen LogP contribution in [0, 0.1) is 17.8 Å². The monoisotopic (exact) mass is 373 g/mol. The molecular weight excluding hydrogens is 350 g/mol. The van der Waals surface area contributed by atoms with Crippen LogP contribution in [0.15, 0.2) is 60.9 Å². The van der Waals surface area contributed by atoms with Crippen LogP contribution in [0.3, 0.4) is 0 Å². The van der Waals surface area contributed by atoms with E-state index in [4.69, 9.17) is 10.5 Å². The molecule has 2 fully saturated rings. The van der Waals surface area contributed by atoms with Crippen molar-refractivity contribution in [1.29, 1.82) is 0 Å². The van der Waals surface area contributed by atoms with Crippen molar-refractivity contribution >= 4 is 11.6 Å². The normalized spacial score (nSPS) is 22.5. The van der Waals surface area contributed by atoms with Gasteiger partial charge in [0.05, 0.1) is 5.56 Å². The number of ether oxygens (including phenoxy) is 1. The van der Waals surface area contributed by atoms with E-state index in [1.54, 1.807) is 0 Å². The minimum Gasteiger partial charge on any atom is -0.457 e. The summed E-state index contributed by atoms with van der Waals surface area (Å²) < 4.78 is 5.88. The molecule has 1 aliphatic carbocycles. The molecule has 0 amide bonds. The molecule has 0 radical (unpaired) electrons. The third-order valence-electron chi connectivity index (χ3n) is 5.77. The lowest BCUT2D eigenvalue weighted by Crippen LogP contribution is -2.19. The lowest BCUT2D eigenvalue weighted by atomic mass is 10.1. The van der Waals surface area contributed by atoms with Gasteiger partial charge in [-0.25, -0.2) is 9.97 Å². The molecule has 3 aromatic rings. The molecule has 28 heavy (non-hydrogen) atoms. The van der Waals surface area contributed by atoms with Gasteiger partial charge in [0.1, 0.15) is 29.5 Å². The summed E-state index contributed by atoms with van der Waals surface area (Å²) in [5.41, 5.74) is 8.01. The number of anilines is 2. The molecule has 1 saturated heterocycles. The number of piperidine rings is 1. The quantitative estimate of drug-likeness (QED) is 0.614. The topological polar surface area (TPSA) is 85.1 Å². The minimum absolute atomic E-state index is 0.479. The summed E-state index contributed by atoms with van der Waals surface area (Å²) in [7, 11) is 0. The van der Waals surface area contributed by atoms with E-state index in [1.807, 2.05) is 54.6 Å². The smallest absolute Gasteiger partial charge is 0.139 e. The van der Waals surface area contributed by atoms with E-state index in [9.17, 15) is 0 Å². The van der Waals surface area contributed by atoms with Gasteiger partial charge in [-0.05, 0) is 60.7 Å². The van der Waals surface area contributed by atoms with Gasteiger partial charge in [-0.1, -0.05) is 30.3 Å². The van der Waals surface area contributed by atoms with Gasteiger partial charge in [0, 0.05) is 6.54 Å². The van der Waals surface area contributed by atoms with Gasteiger partial charge in [0.25, 0.3) is 0 Å². The molecule has 4 N–H and O–H groups in total. The van der Waals surface area contributed by atoms with E-state index in [1.165, 1.54) is 6.33 Å². The Kier molecular flexibility index (Phi) is 4.33. The number of nitrogens with two attached hydrogens (primary N) is 1. The highest BCUT2D eigenvalue weighted by atomic mass is 16.5. The Morgan fingerprint density at radius 1 is 0.964 bits per heavy atom. The fourth-order valence-corrected chi connectivity index (χ4v) is 4.20. The summed E-state index contributed by atoms with van der Waals surface area (Å²) in [6, 6.07) is 17.6. The van der Waals surface area contributed by atoms with E-state index in [-0.39, 0.29) is 0 Å². The summed E-state index contributed by atoms with van der Waals surface area (Å²) in [6.07, 6.45) is 1.52. The zero-order valence-corrected chi connectivity index (χ0v) is 15.5. The summed E-state index contributed by atoms with van der Waals surface area (Å²) in [5.74, 6) is 5.21. The Labute approximate surface area is 164 Å². The molecule has 1 aromatic heterocycles. The molecule has 6 nitrogen and oxygen atoms in total. The maximum Gasteiger partial charge on any atom is 0.139 e. The van der Waals surface area contributed by atoms with E-state index >= 15 is 0 Å². The Morgan fingerprint density at radius 2 is 1.68 bits per heavy atom. The van der Waals surface area contributed by atoms with Gasteiger partial charge in [0.2, 0.25) is 0 Å². The van der Waals surface area contributed by atoms with Crippen LogP contribution in [-0.2, 0) is 0 Å². The predicted molar refractivity (Wildman–Crippen MR) is 110 cm³/mol. The Hall–Kier alpha value is -3.12. The van der Waals surface area contributed by atoms with Crippen molar-refractivity contribution in [2.75, 3.05) is 30.7 Å². The van der Waals surface area contributed by atoms with Crippen LogP contribution < -0.4 is 21.1 Å². The molecule has 0 unspecified atom stereocenters. The standard InChI is InChI=1S/C22H23N5O/c23-21-20(14-6-8-16(9-7-14)28-15-4-2-1-3-5-15)22(27-13-26-21)25-12-19-17-10-24-11-18(17)19/h1-9,13,17-19,24H,10-12H2,(H3,23,25,26,27)/t17-,18+,19+. The molecule has 3 atom stereocenters. The first-order chi connectivity index (χ1) is 13.8. The minimum atomic E-state index is 0.479. The number of rotatable bonds is 6. The summed E-state index contributed by atoms with van der Waals surface area (Å²) in [6.45, 7) is 3.20. The first-order valence-electron chi connectivity index (χ1n) is 9.68. The fourth-order valence-electron chi connectivity index (χ4n) is 4.20. The first-order valence-corrected chi connectivity index (χ1v) is 9.68. The molecule has 2 aliphatic rings. The summed E-state index contributed by atoms with van der Waals surface area (Å²) in [5, 5.41) is 6.94. The van der Waals surface area contributed by atoms with Crippen LogP contribution in [0.25, 0.3) is 11.1 Å². The number of hydrogen-bond donors (Lipinski definition) is 3. The Balaban J connectivity index is 1.33. The lowest BCUT2D eigenvalue weighted by Gasteiger charge is -2.14. The van der Waals surface area contributed by atoms with Crippen molar-refractivity contribution < 1.29 is 4.74 Å². The maximum atomic E-state index is 6.20. The van der Waals surface area contributed by atoms with Crippen molar-refractivity contribution in [2.45, 2.75) is 0 Å². The maximum absolute atomic E-state index is 6.20. The number of nitrogens with one attached hydrogen (secondary N) is 2. The van der Waals surface area contributed by atoms with Crippen LogP contribution in [-0.4, -0.2) is 29.6 Å². The Morgan fingerprint density at radius 3 is 2.43 bits per heavy atom. The largest absolute Gasteiger partial charge is 0.457 e. The van der Waals surface area contributed by atoms with Gasteiger partial charge < -0.3 is 21.1 Å². The van der Waals surface area contributed by atoms with Gasteiger partial charge in [-0.3, -0.25) is 0 Å². The molecule has 0 bridgehead atoms. The zero-order chi connectivity index (χ0) is 18.9.